The molecule has 3 saturated heterocycles. The second kappa shape index (κ2) is 16.9. The van der Waals surface area contributed by atoms with Gasteiger partial charge in [0.15, 0.2) is 5.82 Å². The third kappa shape index (κ3) is 7.48. The van der Waals surface area contributed by atoms with Gasteiger partial charge in [-0.2, -0.15) is 10.2 Å². The predicted molar refractivity (Wildman–Crippen MR) is 243 cm³/mol. The molecule has 11 rings (SSSR count). The van der Waals surface area contributed by atoms with Crippen molar-refractivity contribution in [3.63, 3.8) is 0 Å². The van der Waals surface area contributed by atoms with Crippen molar-refractivity contribution < 1.29 is 28.0 Å². The molecular weight excluding hydrogens is 845 g/mol. The quantitative estimate of drug-likeness (QED) is 0.182. The minimum Gasteiger partial charge on any atom is -0.372 e. The zero-order chi connectivity index (χ0) is 45.4. The lowest BCUT2D eigenvalue weighted by atomic mass is 9.92. The van der Waals surface area contributed by atoms with E-state index in [2.05, 4.69) is 41.0 Å². The Bertz CT molecular complexity index is 2770. The molecule has 2 aromatic carbocycles. The molecule has 0 bridgehead atoms. The molecule has 1 unspecified atom stereocenters. The maximum Gasteiger partial charge on any atom is 0.264 e. The van der Waals surface area contributed by atoms with Crippen molar-refractivity contribution >= 4 is 51.9 Å². The monoisotopic (exact) mass is 899 g/mol. The number of hydrogen-bond acceptors (Lipinski definition) is 10. The van der Waals surface area contributed by atoms with Crippen LogP contribution in [0.25, 0.3) is 22.2 Å². The van der Waals surface area contributed by atoms with Crippen LogP contribution in [0, 0.1) is 5.92 Å². The Balaban J connectivity index is 0.771. The number of piperidine rings is 3. The summed E-state index contributed by atoms with van der Waals surface area (Å²) in [4.78, 5) is 60.9. The number of nitrogens with zero attached hydrogens (tertiary/aromatic N) is 10. The van der Waals surface area contributed by atoms with Gasteiger partial charge in [0.05, 0.1) is 24.3 Å². The number of anilines is 3. The van der Waals surface area contributed by atoms with E-state index in [0.29, 0.717) is 67.1 Å². The summed E-state index contributed by atoms with van der Waals surface area (Å²) >= 11 is 0. The highest BCUT2D eigenvalue weighted by molar-refractivity contribution is 6.05. The van der Waals surface area contributed by atoms with Crippen molar-refractivity contribution in [2.75, 3.05) is 55.6 Å². The second-order valence-corrected chi connectivity index (χ2v) is 19.1. The first-order chi connectivity index (χ1) is 32.0. The fourth-order valence-corrected chi connectivity index (χ4v) is 11.7. The highest BCUT2D eigenvalue weighted by atomic mass is 19.3. The maximum atomic E-state index is 15.1. The summed E-state index contributed by atoms with van der Waals surface area (Å²) in [6, 6.07) is 11.0. The van der Waals surface area contributed by atoms with Crippen molar-refractivity contribution in [1.82, 2.24) is 44.6 Å². The van der Waals surface area contributed by atoms with E-state index >= 15 is 8.78 Å². The van der Waals surface area contributed by atoms with Gasteiger partial charge >= 0.3 is 0 Å². The van der Waals surface area contributed by atoms with Crippen LogP contribution in [-0.2, 0) is 47.4 Å². The first kappa shape index (κ1) is 42.4. The summed E-state index contributed by atoms with van der Waals surface area (Å²) in [5, 5.41) is 16.2. The fourth-order valence-electron chi connectivity index (χ4n) is 11.7. The van der Waals surface area contributed by atoms with Crippen molar-refractivity contribution in [2.24, 2.45) is 13.0 Å². The van der Waals surface area contributed by atoms with Crippen LogP contribution in [0.3, 0.4) is 0 Å². The number of likely N-dealkylation sites (tertiary alicyclic amines) is 1. The average Bonchev–Trinajstić information content (AvgIpc) is 3.98. The lowest BCUT2D eigenvalue weighted by Crippen LogP contribution is -2.52. The van der Waals surface area contributed by atoms with Crippen molar-refractivity contribution in [3.05, 3.63) is 82.3 Å². The first-order valence-corrected chi connectivity index (χ1v) is 23.6. The summed E-state index contributed by atoms with van der Waals surface area (Å²) in [5.41, 5.74) is 9.08. The van der Waals surface area contributed by atoms with E-state index < -0.39 is 18.4 Å². The molecule has 3 aromatic heterocycles. The maximum absolute atomic E-state index is 15.1. The van der Waals surface area contributed by atoms with E-state index in [9.17, 15) is 19.2 Å². The molecule has 344 valence electrons. The van der Waals surface area contributed by atoms with Crippen LogP contribution in [0.2, 0.25) is 0 Å². The van der Waals surface area contributed by atoms with Gasteiger partial charge in [-0.25, -0.2) is 8.78 Å². The molecule has 1 atom stereocenters. The number of benzene rings is 2. The topological polar surface area (TPSA) is 145 Å². The van der Waals surface area contributed by atoms with E-state index in [4.69, 9.17) is 5.10 Å². The minimum atomic E-state index is -2.71. The number of fused-ring (bicyclic) bond motifs is 4. The average molecular weight is 900 g/mol. The van der Waals surface area contributed by atoms with Crippen LogP contribution in [0.1, 0.15) is 103 Å². The third-order valence-electron chi connectivity index (χ3n) is 15.2. The number of carbonyl (C=O) groups excluding carboxylic acids is 4. The Kier molecular flexibility index (Phi) is 10.9. The van der Waals surface area contributed by atoms with Crippen LogP contribution < -0.4 is 15.1 Å². The van der Waals surface area contributed by atoms with Crippen molar-refractivity contribution in [2.45, 2.75) is 96.3 Å². The molecule has 66 heavy (non-hydrogen) atoms. The molecule has 5 aromatic rings. The number of halogens is 2. The van der Waals surface area contributed by atoms with E-state index in [-0.39, 0.29) is 35.7 Å². The normalized spacial score (nSPS) is 20.9. The van der Waals surface area contributed by atoms with E-state index in [1.165, 1.54) is 0 Å². The molecular formula is C49H55F2N11O4. The van der Waals surface area contributed by atoms with Gasteiger partial charge in [0.2, 0.25) is 17.7 Å². The number of rotatable bonds is 8. The van der Waals surface area contributed by atoms with E-state index in [1.54, 1.807) is 24.1 Å². The number of nitrogens with one attached hydrogen (secondary N) is 1. The highest BCUT2D eigenvalue weighted by Crippen LogP contribution is 2.45. The number of amides is 4. The molecule has 0 spiro atoms. The summed E-state index contributed by atoms with van der Waals surface area (Å²) in [7, 11) is 1.89. The molecule has 0 radical (unpaired) electrons. The molecule has 0 aliphatic carbocycles. The summed E-state index contributed by atoms with van der Waals surface area (Å²) in [6.45, 7) is 8.52. The largest absolute Gasteiger partial charge is 0.372 e. The Labute approximate surface area is 381 Å². The minimum absolute atomic E-state index is 0.0162. The molecule has 9 heterocycles. The van der Waals surface area contributed by atoms with Gasteiger partial charge in [-0.05, 0) is 104 Å². The predicted octanol–water partition coefficient (Wildman–Crippen LogP) is 6.07. The Morgan fingerprint density at radius 2 is 1.68 bits per heavy atom. The standard InChI is InChI=1S/C49H55F2N11O4/c1-29(63)59-21-14-40-39(28-59)47(60-16-3-4-31-23-36(37(46(50)51)24-43(31)60)38-27-56(2)41-9-15-52-54-45(38)41)55-62(40)33-12-17-57(18-13-33)25-30-10-19-58(20-11-30)34-5-6-35-32(22-34)26-61(49(35)66)42-7-8-44(64)53-48(42)65/h5-6,9,15,22-24,27,30,33,42,46H,3-4,7-8,10-14,16-21,25-26,28H2,1-2H3,(H,53,64,65). The molecule has 6 aliphatic rings. The highest BCUT2D eigenvalue weighted by Gasteiger charge is 2.40. The molecule has 6 aliphatic heterocycles. The second-order valence-electron chi connectivity index (χ2n) is 19.1. The van der Waals surface area contributed by atoms with Crippen LogP contribution in [0.15, 0.2) is 48.8 Å². The fraction of sp³-hybridized carbons (Fsp3) is 0.490. The zero-order valence-corrected chi connectivity index (χ0v) is 37.5. The van der Waals surface area contributed by atoms with Gasteiger partial charge in [0.1, 0.15) is 11.6 Å². The van der Waals surface area contributed by atoms with Gasteiger partial charge in [0, 0.05) is 125 Å². The number of aryl methyl sites for hydroxylation is 2. The Morgan fingerprint density at radius 1 is 0.864 bits per heavy atom. The van der Waals surface area contributed by atoms with Gasteiger partial charge in [-0.1, -0.05) is 0 Å². The van der Waals surface area contributed by atoms with Gasteiger partial charge in [-0.3, -0.25) is 29.2 Å². The molecule has 4 amide bonds. The SMILES string of the molecule is CC(=O)N1CCc2c(c(N3CCCc4cc(-c5cn(C)c6ccnnc56)c(C(F)F)cc43)nn2C2CCN(CC3CCN(c4ccc5c(c4)CN(C4CCC(=O)NC4=O)C5=O)CC3)CC2)C1. The summed E-state index contributed by atoms with van der Waals surface area (Å²) < 4.78 is 34.4. The first-order valence-electron chi connectivity index (χ1n) is 23.6. The number of carbonyl (C=O) groups is 4. The van der Waals surface area contributed by atoms with E-state index in [0.717, 1.165) is 116 Å². The number of aromatic nitrogens is 5. The summed E-state index contributed by atoms with van der Waals surface area (Å²) in [6.07, 6.45) is 7.69. The molecule has 1 N–H and O–H groups in total. The van der Waals surface area contributed by atoms with Gasteiger partial charge < -0.3 is 29.1 Å². The lowest BCUT2D eigenvalue weighted by molar-refractivity contribution is -0.137. The van der Waals surface area contributed by atoms with Crippen LogP contribution in [-0.4, -0.2) is 115 Å². The smallest absolute Gasteiger partial charge is 0.264 e. The van der Waals surface area contributed by atoms with Crippen molar-refractivity contribution in [3.8, 4) is 11.1 Å². The Morgan fingerprint density at radius 3 is 2.45 bits per heavy atom. The molecule has 3 fully saturated rings. The third-order valence-corrected chi connectivity index (χ3v) is 15.2. The molecule has 17 heteroatoms. The Hall–Kier alpha value is -6.23. The van der Waals surface area contributed by atoms with Crippen LogP contribution in [0.5, 0.6) is 0 Å². The zero-order valence-electron chi connectivity index (χ0n) is 37.5. The van der Waals surface area contributed by atoms with Gasteiger partial charge in [0.25, 0.3) is 12.3 Å². The lowest BCUT2D eigenvalue weighted by Gasteiger charge is -2.39. The number of hydrogen-bond donors (Lipinski definition) is 1. The van der Waals surface area contributed by atoms with Crippen molar-refractivity contribution in [1.29, 1.82) is 0 Å². The number of imide groups is 1. The molecule has 15 nitrogen and oxygen atoms in total. The van der Waals surface area contributed by atoms with Gasteiger partial charge in [-0.15, -0.1) is 5.10 Å². The van der Waals surface area contributed by atoms with E-state index in [1.807, 2.05) is 47.0 Å². The van der Waals surface area contributed by atoms with Crippen LogP contribution >= 0.6 is 0 Å². The molecule has 0 saturated carbocycles. The summed E-state index contributed by atoms with van der Waals surface area (Å²) in [5.74, 6) is 0.532. The van der Waals surface area contributed by atoms with Crippen LogP contribution in [0.4, 0.5) is 26.0 Å². The number of alkyl halides is 2.